The highest BCUT2D eigenvalue weighted by atomic mass is 32.1. The van der Waals surface area contributed by atoms with Crippen LogP contribution in [0.25, 0.3) is 21.9 Å². The number of nitrogens with zero attached hydrogens (tertiary/aromatic N) is 5. The zero-order valence-corrected chi connectivity index (χ0v) is 18.9. The normalized spacial score (nSPS) is 11.2. The number of aryl methyl sites for hydroxylation is 1. The fourth-order valence-corrected chi connectivity index (χ4v) is 4.45. The Hall–Kier alpha value is -4.05. The number of hydrazine groups is 1. The number of amides is 1. The Morgan fingerprint density at radius 1 is 1.12 bits per heavy atom. The van der Waals surface area contributed by atoms with Crippen molar-refractivity contribution in [1.29, 1.82) is 0 Å². The summed E-state index contributed by atoms with van der Waals surface area (Å²) in [5.74, 6) is -0.101. The van der Waals surface area contributed by atoms with Gasteiger partial charge < -0.3 is 0 Å². The van der Waals surface area contributed by atoms with E-state index in [1.54, 1.807) is 46.5 Å². The van der Waals surface area contributed by atoms with E-state index < -0.39 is 0 Å². The number of hydrogen-bond donors (Lipinski definition) is 2. The molecule has 0 aliphatic heterocycles. The second kappa shape index (κ2) is 8.47. The fraction of sp³-hybridized carbons (Fsp3) is 0.174. The first kappa shape index (κ1) is 20.8. The van der Waals surface area contributed by atoms with Crippen molar-refractivity contribution >= 4 is 45.1 Å². The maximum atomic E-state index is 13.1. The molecule has 2 N–H and O–H groups in total. The number of pyridine rings is 1. The Balaban J connectivity index is 1.45. The van der Waals surface area contributed by atoms with Crippen LogP contribution in [0.15, 0.2) is 58.8 Å². The molecule has 33 heavy (non-hydrogen) atoms. The van der Waals surface area contributed by atoms with Gasteiger partial charge in [0, 0.05) is 17.1 Å². The molecule has 0 unspecified atom stereocenters. The number of carbonyl (C=O) groups excluding carboxylic acids is 1. The van der Waals surface area contributed by atoms with Crippen LogP contribution in [0.4, 0.5) is 5.95 Å². The predicted octanol–water partition coefficient (Wildman–Crippen LogP) is 3.34. The summed E-state index contributed by atoms with van der Waals surface area (Å²) >= 11 is 1.64. The quantitative estimate of drug-likeness (QED) is 0.377. The van der Waals surface area contributed by atoms with E-state index in [-0.39, 0.29) is 17.4 Å². The first-order chi connectivity index (χ1) is 16.0. The molecule has 9 nitrogen and oxygen atoms in total. The molecule has 0 spiro atoms. The number of rotatable bonds is 6. The van der Waals surface area contributed by atoms with Crippen LogP contribution in [-0.2, 0) is 13.1 Å². The summed E-state index contributed by atoms with van der Waals surface area (Å²) in [7, 11) is 0. The van der Waals surface area contributed by atoms with E-state index in [2.05, 4.69) is 25.9 Å². The van der Waals surface area contributed by atoms with E-state index in [1.807, 2.05) is 37.4 Å². The lowest BCUT2D eigenvalue weighted by Crippen LogP contribution is -2.34. The van der Waals surface area contributed by atoms with Gasteiger partial charge in [-0.2, -0.15) is 5.10 Å². The van der Waals surface area contributed by atoms with Gasteiger partial charge in [0.15, 0.2) is 5.65 Å². The molecule has 0 fully saturated rings. The number of thiophene rings is 1. The second-order valence-corrected chi connectivity index (χ2v) is 8.54. The van der Waals surface area contributed by atoms with E-state index in [4.69, 9.17) is 0 Å². The highest BCUT2D eigenvalue weighted by Crippen LogP contribution is 2.20. The second-order valence-electron chi connectivity index (χ2n) is 7.51. The minimum Gasteiger partial charge on any atom is -0.277 e. The summed E-state index contributed by atoms with van der Waals surface area (Å²) in [5, 5.41) is 7.64. The van der Waals surface area contributed by atoms with Crippen molar-refractivity contribution in [2.45, 2.75) is 26.9 Å². The summed E-state index contributed by atoms with van der Waals surface area (Å²) in [6.45, 7) is 4.68. The lowest BCUT2D eigenvalue weighted by Gasteiger charge is -2.14. The zero-order chi connectivity index (χ0) is 22.9. The van der Waals surface area contributed by atoms with E-state index >= 15 is 0 Å². The topological polar surface area (TPSA) is 107 Å². The van der Waals surface area contributed by atoms with Gasteiger partial charge >= 0.3 is 0 Å². The van der Waals surface area contributed by atoms with Crippen molar-refractivity contribution in [2.75, 3.05) is 5.43 Å². The Morgan fingerprint density at radius 3 is 2.76 bits per heavy atom. The molecule has 0 bridgehead atoms. The number of nitrogens with one attached hydrogen (secondary N) is 2. The van der Waals surface area contributed by atoms with Crippen LogP contribution in [0.3, 0.4) is 0 Å². The van der Waals surface area contributed by atoms with Crippen molar-refractivity contribution in [3.05, 3.63) is 80.5 Å². The molecular formula is C23H21N7O2S. The number of benzene rings is 1. The van der Waals surface area contributed by atoms with Gasteiger partial charge in [-0.25, -0.2) is 14.6 Å². The van der Waals surface area contributed by atoms with Crippen molar-refractivity contribution < 1.29 is 4.79 Å². The van der Waals surface area contributed by atoms with Crippen LogP contribution in [0.5, 0.6) is 0 Å². The van der Waals surface area contributed by atoms with Crippen molar-refractivity contribution in [1.82, 2.24) is 29.7 Å². The average molecular weight is 460 g/mol. The first-order valence-electron chi connectivity index (χ1n) is 10.5. The fourth-order valence-electron chi connectivity index (χ4n) is 3.76. The van der Waals surface area contributed by atoms with Crippen molar-refractivity contribution in [3.8, 4) is 0 Å². The molecule has 166 valence electrons. The number of carbonyl (C=O) groups is 1. The standard InChI is InChI=1S/C23H21N7O2S/c1-3-29-22(32)16-8-4-5-9-19(16)26-23(29)28-27-21(31)17-11-14(2)25-20-18(17)12-24-30(20)13-15-7-6-10-33-15/h4-12H,3,13H2,1-2H3,(H,26,28)(H,27,31). The zero-order valence-electron chi connectivity index (χ0n) is 18.1. The predicted molar refractivity (Wildman–Crippen MR) is 128 cm³/mol. The van der Waals surface area contributed by atoms with Crippen molar-refractivity contribution in [3.63, 3.8) is 0 Å². The van der Waals surface area contributed by atoms with Gasteiger partial charge in [0.1, 0.15) is 0 Å². The van der Waals surface area contributed by atoms with E-state index in [9.17, 15) is 9.59 Å². The minimum atomic E-state index is -0.369. The number of hydrogen-bond acceptors (Lipinski definition) is 7. The lowest BCUT2D eigenvalue weighted by molar-refractivity contribution is 0.0963. The number of para-hydroxylation sites is 1. The molecule has 4 heterocycles. The summed E-state index contributed by atoms with van der Waals surface area (Å²) in [4.78, 5) is 36.2. The third kappa shape index (κ3) is 3.85. The lowest BCUT2D eigenvalue weighted by atomic mass is 10.1. The Labute approximate surface area is 192 Å². The van der Waals surface area contributed by atoms with Gasteiger partial charge in [0.25, 0.3) is 11.5 Å². The molecule has 4 aromatic heterocycles. The maximum absolute atomic E-state index is 13.1. The van der Waals surface area contributed by atoms with Crippen LogP contribution >= 0.6 is 11.3 Å². The van der Waals surface area contributed by atoms with Crippen LogP contribution in [0.1, 0.15) is 27.9 Å². The summed E-state index contributed by atoms with van der Waals surface area (Å²) in [6, 6.07) is 12.9. The molecular weight excluding hydrogens is 438 g/mol. The number of anilines is 1. The molecule has 10 heteroatoms. The molecule has 5 aromatic rings. The molecule has 0 atom stereocenters. The number of fused-ring (bicyclic) bond motifs is 2. The largest absolute Gasteiger partial charge is 0.277 e. The molecule has 1 amide bonds. The summed E-state index contributed by atoms with van der Waals surface area (Å²) in [5.41, 5.74) is 7.68. The van der Waals surface area contributed by atoms with Crippen LogP contribution in [-0.4, -0.2) is 30.2 Å². The maximum Gasteiger partial charge on any atom is 0.270 e. The Morgan fingerprint density at radius 2 is 1.97 bits per heavy atom. The SMILES string of the molecule is CCn1c(NNC(=O)c2cc(C)nc3c2cnn3Cc2cccs2)nc2ccccc2c1=O. The third-order valence-electron chi connectivity index (χ3n) is 5.33. The Bertz CT molecular complexity index is 1540. The Kier molecular flexibility index (Phi) is 5.35. The summed E-state index contributed by atoms with van der Waals surface area (Å²) < 4.78 is 3.27. The minimum absolute atomic E-state index is 0.170. The number of aromatic nitrogens is 5. The van der Waals surface area contributed by atoms with Gasteiger partial charge in [0.2, 0.25) is 5.95 Å². The van der Waals surface area contributed by atoms with Crippen molar-refractivity contribution in [2.24, 2.45) is 0 Å². The molecule has 5 rings (SSSR count). The molecule has 1 aromatic carbocycles. The first-order valence-corrected chi connectivity index (χ1v) is 11.3. The van der Waals surface area contributed by atoms with Gasteiger partial charge in [-0.1, -0.05) is 18.2 Å². The molecule has 0 saturated carbocycles. The van der Waals surface area contributed by atoms with Crippen LogP contribution < -0.4 is 16.4 Å². The smallest absolute Gasteiger partial charge is 0.270 e. The van der Waals surface area contributed by atoms with E-state index in [1.165, 1.54) is 4.57 Å². The average Bonchev–Trinajstić information content (AvgIpc) is 3.48. The molecule has 0 radical (unpaired) electrons. The molecule has 0 saturated heterocycles. The van der Waals surface area contributed by atoms with Gasteiger partial charge in [-0.05, 0) is 43.5 Å². The monoisotopic (exact) mass is 459 g/mol. The highest BCUT2D eigenvalue weighted by Gasteiger charge is 2.17. The highest BCUT2D eigenvalue weighted by molar-refractivity contribution is 7.09. The molecule has 0 aliphatic carbocycles. The van der Waals surface area contributed by atoms with E-state index in [0.29, 0.717) is 46.3 Å². The van der Waals surface area contributed by atoms with Crippen LogP contribution in [0, 0.1) is 6.92 Å². The third-order valence-corrected chi connectivity index (χ3v) is 6.19. The van der Waals surface area contributed by atoms with Gasteiger partial charge in [-0.15, -0.1) is 11.3 Å². The summed E-state index contributed by atoms with van der Waals surface area (Å²) in [6.07, 6.45) is 1.65. The molecule has 0 aliphatic rings. The van der Waals surface area contributed by atoms with E-state index in [0.717, 1.165) is 4.88 Å². The van der Waals surface area contributed by atoms with Gasteiger partial charge in [0.05, 0.1) is 34.6 Å². The van der Waals surface area contributed by atoms with Gasteiger partial charge in [-0.3, -0.25) is 25.0 Å². The van der Waals surface area contributed by atoms with Crippen LogP contribution in [0.2, 0.25) is 0 Å².